The van der Waals surface area contributed by atoms with Crippen molar-refractivity contribution < 1.29 is 13.6 Å². The van der Waals surface area contributed by atoms with Gasteiger partial charge in [0.1, 0.15) is 6.54 Å². The first-order valence-corrected chi connectivity index (χ1v) is 4.37. The normalized spacial score (nSPS) is 12.1. The van der Waals surface area contributed by atoms with Crippen LogP contribution >= 0.6 is 12.4 Å². The molecule has 0 aliphatic rings. The van der Waals surface area contributed by atoms with E-state index < -0.39 is 24.9 Å². The molecule has 1 heterocycles. The van der Waals surface area contributed by atoms with Crippen LogP contribution in [0.5, 0.6) is 0 Å². The summed E-state index contributed by atoms with van der Waals surface area (Å²) < 4.78 is 25.0. The molecule has 3 N–H and O–H groups in total. The van der Waals surface area contributed by atoms with Crippen LogP contribution in [0.2, 0.25) is 0 Å². The SMILES string of the molecule is C[C@H](N)C(=O)Nc1ccn(CC(F)F)n1.Cl. The van der Waals surface area contributed by atoms with Gasteiger partial charge in [-0.1, -0.05) is 0 Å². The molecule has 0 radical (unpaired) electrons. The third-order valence-electron chi connectivity index (χ3n) is 1.63. The number of alkyl halides is 2. The number of anilines is 1. The molecule has 1 rings (SSSR count). The molecule has 0 saturated heterocycles. The van der Waals surface area contributed by atoms with Gasteiger partial charge in [0, 0.05) is 12.3 Å². The second-order valence-corrected chi connectivity index (χ2v) is 3.09. The Kier molecular flexibility index (Phi) is 5.91. The maximum absolute atomic E-state index is 12.0. The fourth-order valence-corrected chi connectivity index (χ4v) is 0.912. The van der Waals surface area contributed by atoms with E-state index in [2.05, 4.69) is 10.4 Å². The van der Waals surface area contributed by atoms with Gasteiger partial charge in [-0.3, -0.25) is 9.48 Å². The van der Waals surface area contributed by atoms with E-state index in [4.69, 9.17) is 5.73 Å². The van der Waals surface area contributed by atoms with E-state index in [0.29, 0.717) is 0 Å². The van der Waals surface area contributed by atoms with Crippen molar-refractivity contribution in [2.24, 2.45) is 5.73 Å². The number of rotatable bonds is 4. The second kappa shape index (κ2) is 6.39. The Labute approximate surface area is 97.4 Å². The molecule has 5 nitrogen and oxygen atoms in total. The predicted molar refractivity (Wildman–Crippen MR) is 57.8 cm³/mol. The van der Waals surface area contributed by atoms with Crippen molar-refractivity contribution in [3.63, 3.8) is 0 Å². The minimum Gasteiger partial charge on any atom is -0.320 e. The Hall–Kier alpha value is -1.21. The first kappa shape index (κ1) is 14.8. The molecule has 0 saturated carbocycles. The average molecular weight is 255 g/mol. The minimum atomic E-state index is -2.47. The summed E-state index contributed by atoms with van der Waals surface area (Å²) in [4.78, 5) is 11.1. The molecule has 1 amide bonds. The Morgan fingerprint density at radius 2 is 2.31 bits per heavy atom. The maximum atomic E-state index is 12.0. The van der Waals surface area contributed by atoms with Gasteiger partial charge in [-0.2, -0.15) is 5.10 Å². The lowest BCUT2D eigenvalue weighted by molar-refractivity contribution is -0.117. The predicted octanol–water partition coefficient (Wildman–Crippen LogP) is 0.856. The lowest BCUT2D eigenvalue weighted by Crippen LogP contribution is -2.32. The van der Waals surface area contributed by atoms with Crippen molar-refractivity contribution in [1.29, 1.82) is 0 Å². The maximum Gasteiger partial charge on any atom is 0.257 e. The molecule has 1 atom stereocenters. The lowest BCUT2D eigenvalue weighted by Gasteiger charge is -2.04. The highest BCUT2D eigenvalue weighted by atomic mass is 35.5. The van der Waals surface area contributed by atoms with Gasteiger partial charge in [0.05, 0.1) is 6.04 Å². The van der Waals surface area contributed by atoms with Gasteiger partial charge >= 0.3 is 0 Å². The summed E-state index contributed by atoms with van der Waals surface area (Å²) in [6.07, 6.45) is -1.11. The van der Waals surface area contributed by atoms with Gasteiger partial charge in [0.2, 0.25) is 5.91 Å². The molecule has 0 aliphatic carbocycles. The summed E-state index contributed by atoms with van der Waals surface area (Å²) in [6.45, 7) is 1.03. The highest BCUT2D eigenvalue weighted by molar-refractivity contribution is 5.93. The van der Waals surface area contributed by atoms with Gasteiger partial charge in [-0.05, 0) is 6.92 Å². The fourth-order valence-electron chi connectivity index (χ4n) is 0.912. The van der Waals surface area contributed by atoms with E-state index in [-0.39, 0.29) is 18.2 Å². The van der Waals surface area contributed by atoms with Crippen LogP contribution < -0.4 is 11.1 Å². The summed E-state index contributed by atoms with van der Waals surface area (Å²) >= 11 is 0. The van der Waals surface area contributed by atoms with E-state index in [1.807, 2.05) is 0 Å². The molecule has 0 spiro atoms. The van der Waals surface area contributed by atoms with Gasteiger partial charge in [-0.25, -0.2) is 8.78 Å². The van der Waals surface area contributed by atoms with E-state index >= 15 is 0 Å². The number of hydrogen-bond acceptors (Lipinski definition) is 3. The standard InChI is InChI=1S/C8H12F2N4O.ClH/c1-5(11)8(15)12-7-2-3-14(13-7)4-6(9)10;/h2-3,5-6H,4,11H2,1H3,(H,12,13,15);1H/t5-;/m0./s1. The number of amides is 1. The van der Waals surface area contributed by atoms with Crippen LogP contribution in [0.4, 0.5) is 14.6 Å². The van der Waals surface area contributed by atoms with Crippen molar-refractivity contribution in [1.82, 2.24) is 9.78 Å². The topological polar surface area (TPSA) is 72.9 Å². The summed E-state index contributed by atoms with van der Waals surface area (Å²) in [6, 6.07) is 0.771. The number of hydrogen-bond donors (Lipinski definition) is 2. The average Bonchev–Trinajstić information content (AvgIpc) is 2.51. The zero-order valence-corrected chi connectivity index (χ0v) is 9.38. The molecule has 0 aromatic carbocycles. The van der Waals surface area contributed by atoms with Crippen LogP contribution in [-0.2, 0) is 11.3 Å². The van der Waals surface area contributed by atoms with Crippen LogP contribution in [0.25, 0.3) is 0 Å². The molecule has 1 aromatic rings. The molecule has 16 heavy (non-hydrogen) atoms. The number of carbonyl (C=O) groups is 1. The molecule has 1 aromatic heterocycles. The highest BCUT2D eigenvalue weighted by Crippen LogP contribution is 2.05. The van der Waals surface area contributed by atoms with Crippen LogP contribution in [0.1, 0.15) is 6.92 Å². The summed E-state index contributed by atoms with van der Waals surface area (Å²) in [5.41, 5.74) is 5.30. The molecule has 92 valence electrons. The third-order valence-corrected chi connectivity index (χ3v) is 1.63. The van der Waals surface area contributed by atoms with Crippen LogP contribution in [0.15, 0.2) is 12.3 Å². The van der Waals surface area contributed by atoms with Gasteiger partial charge in [0.25, 0.3) is 6.43 Å². The number of carbonyl (C=O) groups excluding carboxylic acids is 1. The van der Waals surface area contributed by atoms with E-state index in [1.54, 1.807) is 0 Å². The molecular weight excluding hydrogens is 242 g/mol. The zero-order chi connectivity index (χ0) is 11.4. The van der Waals surface area contributed by atoms with Crippen molar-refractivity contribution in [3.05, 3.63) is 12.3 Å². The zero-order valence-electron chi connectivity index (χ0n) is 8.56. The van der Waals surface area contributed by atoms with Crippen LogP contribution in [-0.4, -0.2) is 28.2 Å². The van der Waals surface area contributed by atoms with Gasteiger partial charge in [0.15, 0.2) is 5.82 Å². The first-order chi connectivity index (χ1) is 6.99. The number of nitrogens with two attached hydrogens (primary N) is 1. The van der Waals surface area contributed by atoms with E-state index in [9.17, 15) is 13.6 Å². The van der Waals surface area contributed by atoms with Crippen LogP contribution in [0, 0.1) is 0 Å². The number of halogens is 3. The Morgan fingerprint density at radius 3 is 2.81 bits per heavy atom. The van der Waals surface area contributed by atoms with Crippen molar-refractivity contribution >= 4 is 24.1 Å². The molecule has 0 aliphatic heterocycles. The number of nitrogens with zero attached hydrogens (tertiary/aromatic N) is 2. The Morgan fingerprint density at radius 1 is 1.69 bits per heavy atom. The third kappa shape index (κ3) is 4.54. The van der Waals surface area contributed by atoms with Crippen molar-refractivity contribution in [2.75, 3.05) is 5.32 Å². The molecule has 0 bridgehead atoms. The smallest absolute Gasteiger partial charge is 0.257 e. The van der Waals surface area contributed by atoms with Gasteiger partial charge in [-0.15, -0.1) is 12.4 Å². The first-order valence-electron chi connectivity index (χ1n) is 4.37. The minimum absolute atomic E-state index is 0. The number of aromatic nitrogens is 2. The molecule has 8 heteroatoms. The Bertz CT molecular complexity index is 343. The molecule has 0 unspecified atom stereocenters. The van der Waals surface area contributed by atoms with Crippen LogP contribution in [0.3, 0.4) is 0 Å². The fraction of sp³-hybridized carbons (Fsp3) is 0.500. The van der Waals surface area contributed by atoms with Crippen molar-refractivity contribution in [2.45, 2.75) is 25.9 Å². The Balaban J connectivity index is 0.00000225. The summed E-state index contributed by atoms with van der Waals surface area (Å²) in [5.74, 6) is -0.185. The van der Waals surface area contributed by atoms with Crippen molar-refractivity contribution in [3.8, 4) is 0 Å². The van der Waals surface area contributed by atoms with E-state index in [1.165, 1.54) is 19.2 Å². The second-order valence-electron chi connectivity index (χ2n) is 3.09. The lowest BCUT2D eigenvalue weighted by atomic mass is 10.3. The summed E-state index contributed by atoms with van der Waals surface area (Å²) in [5, 5.41) is 6.12. The molecular formula is C8H13ClF2N4O. The largest absolute Gasteiger partial charge is 0.320 e. The monoisotopic (exact) mass is 254 g/mol. The quantitative estimate of drug-likeness (QED) is 0.837. The number of nitrogens with one attached hydrogen (secondary N) is 1. The highest BCUT2D eigenvalue weighted by Gasteiger charge is 2.10. The molecule has 0 fully saturated rings. The van der Waals surface area contributed by atoms with E-state index in [0.717, 1.165) is 4.68 Å². The van der Waals surface area contributed by atoms with Gasteiger partial charge < -0.3 is 11.1 Å². The summed E-state index contributed by atoms with van der Waals surface area (Å²) in [7, 11) is 0.